The molecule has 1 heterocycles. The molecule has 1 aromatic rings. The molecule has 0 spiro atoms. The fourth-order valence-electron chi connectivity index (χ4n) is 1.89. The number of nitrogens with zero attached hydrogens (tertiary/aromatic N) is 1. The molecule has 0 aliphatic heterocycles. The van der Waals surface area contributed by atoms with Crippen molar-refractivity contribution in [2.75, 3.05) is 0 Å². The van der Waals surface area contributed by atoms with Crippen LogP contribution in [0.3, 0.4) is 0 Å². The average Bonchev–Trinajstić information content (AvgIpc) is 2.50. The summed E-state index contributed by atoms with van der Waals surface area (Å²) in [5.74, 6) is 0. The lowest BCUT2D eigenvalue weighted by Gasteiger charge is -2.06. The highest BCUT2D eigenvalue weighted by Crippen LogP contribution is 2.33. The molecule has 2 rings (SSSR count). The first-order chi connectivity index (χ1) is 6.33. The topological polar surface area (TPSA) is 33.1 Å². The second-order valence-electron chi connectivity index (χ2n) is 3.36. The summed E-state index contributed by atoms with van der Waals surface area (Å²) >= 11 is 0. The minimum Gasteiger partial charge on any atom is -0.388 e. The van der Waals surface area contributed by atoms with Gasteiger partial charge in [0.2, 0.25) is 0 Å². The number of allylic oxidation sites excluding steroid dienone is 1. The Kier molecular flexibility index (Phi) is 2.15. The Morgan fingerprint density at radius 1 is 1.54 bits per heavy atom. The van der Waals surface area contributed by atoms with Gasteiger partial charge in [0.1, 0.15) is 0 Å². The van der Waals surface area contributed by atoms with Gasteiger partial charge in [0.15, 0.2) is 0 Å². The van der Waals surface area contributed by atoms with Gasteiger partial charge in [-0.15, -0.1) is 0 Å². The SMILES string of the molecule is C/C=C/c1cncc2c1C(O)CC2. The Morgan fingerprint density at radius 3 is 3.15 bits per heavy atom. The second-order valence-corrected chi connectivity index (χ2v) is 3.36. The minimum absolute atomic E-state index is 0.288. The maximum absolute atomic E-state index is 9.73. The zero-order valence-corrected chi connectivity index (χ0v) is 7.70. The van der Waals surface area contributed by atoms with Crippen LogP contribution in [0.2, 0.25) is 0 Å². The van der Waals surface area contributed by atoms with Gasteiger partial charge < -0.3 is 5.11 Å². The van der Waals surface area contributed by atoms with E-state index in [0.717, 1.165) is 24.0 Å². The molecule has 68 valence electrons. The van der Waals surface area contributed by atoms with E-state index in [0.29, 0.717) is 0 Å². The first kappa shape index (κ1) is 8.45. The van der Waals surface area contributed by atoms with Crippen LogP contribution in [0.1, 0.15) is 36.1 Å². The highest BCUT2D eigenvalue weighted by atomic mass is 16.3. The summed E-state index contributed by atoms with van der Waals surface area (Å²) in [5.41, 5.74) is 3.33. The number of aromatic nitrogens is 1. The average molecular weight is 175 g/mol. The van der Waals surface area contributed by atoms with Crippen LogP contribution in [0.25, 0.3) is 6.08 Å². The summed E-state index contributed by atoms with van der Waals surface area (Å²) in [6.45, 7) is 1.97. The van der Waals surface area contributed by atoms with E-state index >= 15 is 0 Å². The van der Waals surface area contributed by atoms with Crippen LogP contribution in [0.15, 0.2) is 18.5 Å². The monoisotopic (exact) mass is 175 g/mol. The van der Waals surface area contributed by atoms with Crippen molar-refractivity contribution >= 4 is 6.08 Å². The number of aliphatic hydroxyl groups excluding tert-OH is 1. The van der Waals surface area contributed by atoms with Gasteiger partial charge in [0.05, 0.1) is 6.10 Å². The molecule has 0 aromatic carbocycles. The van der Waals surface area contributed by atoms with E-state index in [1.807, 2.05) is 31.5 Å². The first-order valence-electron chi connectivity index (χ1n) is 4.60. The van der Waals surface area contributed by atoms with Gasteiger partial charge in [-0.1, -0.05) is 12.2 Å². The van der Waals surface area contributed by atoms with Crippen LogP contribution in [-0.2, 0) is 6.42 Å². The van der Waals surface area contributed by atoms with Crippen molar-refractivity contribution in [2.24, 2.45) is 0 Å². The largest absolute Gasteiger partial charge is 0.388 e. The van der Waals surface area contributed by atoms with Crippen molar-refractivity contribution in [3.05, 3.63) is 35.2 Å². The summed E-state index contributed by atoms with van der Waals surface area (Å²) in [4.78, 5) is 4.15. The third-order valence-corrected chi connectivity index (χ3v) is 2.47. The van der Waals surface area contributed by atoms with Gasteiger partial charge in [0.25, 0.3) is 0 Å². The molecule has 13 heavy (non-hydrogen) atoms. The lowest BCUT2D eigenvalue weighted by atomic mass is 10.1. The fraction of sp³-hybridized carbons (Fsp3) is 0.364. The molecular weight excluding hydrogens is 162 g/mol. The standard InChI is InChI=1S/C11H13NO/c1-2-3-8-6-12-7-9-4-5-10(13)11(8)9/h2-3,6-7,10,13H,4-5H2,1H3/b3-2+. The van der Waals surface area contributed by atoms with Gasteiger partial charge in [-0.05, 0) is 36.5 Å². The molecule has 1 unspecified atom stereocenters. The molecule has 0 fully saturated rings. The van der Waals surface area contributed by atoms with Crippen molar-refractivity contribution in [2.45, 2.75) is 25.9 Å². The Balaban J connectivity index is 2.53. The molecule has 1 aliphatic rings. The number of hydrogen-bond acceptors (Lipinski definition) is 2. The summed E-state index contributed by atoms with van der Waals surface area (Å²) in [5, 5.41) is 9.73. The van der Waals surface area contributed by atoms with Gasteiger partial charge in [-0.25, -0.2) is 0 Å². The van der Waals surface area contributed by atoms with Crippen molar-refractivity contribution in [3.63, 3.8) is 0 Å². The van der Waals surface area contributed by atoms with Crippen LogP contribution in [0.5, 0.6) is 0 Å². The van der Waals surface area contributed by atoms with Gasteiger partial charge in [0, 0.05) is 12.4 Å². The molecule has 0 saturated heterocycles. The van der Waals surface area contributed by atoms with Crippen LogP contribution in [0.4, 0.5) is 0 Å². The number of hydrogen-bond donors (Lipinski definition) is 1. The first-order valence-corrected chi connectivity index (χ1v) is 4.60. The predicted molar refractivity (Wildman–Crippen MR) is 52.2 cm³/mol. The van der Waals surface area contributed by atoms with E-state index in [9.17, 15) is 5.11 Å². The maximum Gasteiger partial charge on any atom is 0.0802 e. The molecule has 2 nitrogen and oxygen atoms in total. The Bertz CT molecular complexity index is 344. The quantitative estimate of drug-likeness (QED) is 0.709. The molecule has 0 saturated carbocycles. The van der Waals surface area contributed by atoms with E-state index < -0.39 is 0 Å². The molecule has 0 bridgehead atoms. The molecule has 0 radical (unpaired) electrons. The fourth-order valence-corrected chi connectivity index (χ4v) is 1.89. The molecule has 1 aliphatic carbocycles. The van der Waals surface area contributed by atoms with Crippen LogP contribution >= 0.6 is 0 Å². The number of fused-ring (bicyclic) bond motifs is 1. The van der Waals surface area contributed by atoms with Crippen molar-refractivity contribution in [1.82, 2.24) is 4.98 Å². The minimum atomic E-state index is -0.288. The van der Waals surface area contributed by atoms with Gasteiger partial charge >= 0.3 is 0 Å². The summed E-state index contributed by atoms with van der Waals surface area (Å²) in [7, 11) is 0. The predicted octanol–water partition coefficient (Wildman–Crippen LogP) is 2.09. The van der Waals surface area contributed by atoms with Gasteiger partial charge in [-0.2, -0.15) is 0 Å². The number of pyridine rings is 1. The molecule has 2 heteroatoms. The Labute approximate surface area is 77.9 Å². The lowest BCUT2D eigenvalue weighted by molar-refractivity contribution is 0.180. The maximum atomic E-state index is 9.73. The van der Waals surface area contributed by atoms with E-state index in [4.69, 9.17) is 0 Å². The zero-order valence-electron chi connectivity index (χ0n) is 7.70. The molecular formula is C11H13NO. The third kappa shape index (κ3) is 1.38. The van der Waals surface area contributed by atoms with Crippen molar-refractivity contribution < 1.29 is 5.11 Å². The molecule has 1 N–H and O–H groups in total. The highest BCUT2D eigenvalue weighted by Gasteiger charge is 2.22. The van der Waals surface area contributed by atoms with Crippen molar-refractivity contribution in [1.29, 1.82) is 0 Å². The van der Waals surface area contributed by atoms with E-state index in [1.54, 1.807) is 0 Å². The number of aryl methyl sites for hydroxylation is 1. The second kappa shape index (κ2) is 3.30. The van der Waals surface area contributed by atoms with Crippen LogP contribution < -0.4 is 0 Å². The van der Waals surface area contributed by atoms with Crippen LogP contribution in [0, 0.1) is 0 Å². The van der Waals surface area contributed by atoms with E-state index in [1.165, 1.54) is 5.56 Å². The number of rotatable bonds is 1. The summed E-state index contributed by atoms with van der Waals surface area (Å²) in [6.07, 6.45) is 9.15. The lowest BCUT2D eigenvalue weighted by Crippen LogP contribution is -1.95. The summed E-state index contributed by atoms with van der Waals surface area (Å²) in [6, 6.07) is 0. The van der Waals surface area contributed by atoms with Crippen LogP contribution in [-0.4, -0.2) is 10.1 Å². The highest BCUT2D eigenvalue weighted by molar-refractivity contribution is 5.56. The normalized spacial score (nSPS) is 20.9. The molecule has 1 atom stereocenters. The molecule has 0 amide bonds. The van der Waals surface area contributed by atoms with E-state index in [-0.39, 0.29) is 6.10 Å². The Morgan fingerprint density at radius 2 is 2.38 bits per heavy atom. The van der Waals surface area contributed by atoms with Crippen molar-refractivity contribution in [3.8, 4) is 0 Å². The Hall–Kier alpha value is -1.15. The zero-order chi connectivity index (χ0) is 9.26. The van der Waals surface area contributed by atoms with E-state index in [2.05, 4.69) is 4.98 Å². The molecule has 1 aromatic heterocycles. The number of aliphatic hydroxyl groups is 1. The summed E-state index contributed by atoms with van der Waals surface area (Å²) < 4.78 is 0. The smallest absolute Gasteiger partial charge is 0.0802 e. The third-order valence-electron chi connectivity index (χ3n) is 2.47. The van der Waals surface area contributed by atoms with Gasteiger partial charge in [-0.3, -0.25) is 4.98 Å².